The van der Waals surface area contributed by atoms with Crippen molar-refractivity contribution in [2.45, 2.75) is 19.8 Å². The van der Waals surface area contributed by atoms with Crippen LogP contribution in [0.2, 0.25) is 0 Å². The van der Waals surface area contributed by atoms with E-state index in [0.717, 1.165) is 5.56 Å². The van der Waals surface area contributed by atoms with Gasteiger partial charge in [0.15, 0.2) is 12.4 Å². The van der Waals surface area contributed by atoms with Gasteiger partial charge in [-0.05, 0) is 24.3 Å². The molecule has 7 heteroatoms. The van der Waals surface area contributed by atoms with Crippen molar-refractivity contribution in [1.82, 2.24) is 15.5 Å². The summed E-state index contributed by atoms with van der Waals surface area (Å²) in [5.74, 6) is 1.76. The van der Waals surface area contributed by atoms with Crippen LogP contribution in [-0.2, 0) is 9.53 Å². The van der Waals surface area contributed by atoms with Gasteiger partial charge in [0, 0.05) is 25.1 Å². The fourth-order valence-electron chi connectivity index (χ4n) is 1.77. The number of amides is 1. The van der Waals surface area contributed by atoms with E-state index in [9.17, 15) is 4.79 Å². The summed E-state index contributed by atoms with van der Waals surface area (Å²) in [4.78, 5) is 15.9. The van der Waals surface area contributed by atoms with Crippen molar-refractivity contribution in [2.75, 3.05) is 26.9 Å². The molecule has 0 unspecified atom stereocenters. The van der Waals surface area contributed by atoms with Crippen molar-refractivity contribution in [1.29, 1.82) is 0 Å². The van der Waals surface area contributed by atoms with Gasteiger partial charge in [0.25, 0.3) is 11.8 Å². The number of nitrogens with one attached hydrogen (secondary N) is 1. The van der Waals surface area contributed by atoms with Crippen molar-refractivity contribution < 1.29 is 18.8 Å². The first-order valence-corrected chi connectivity index (χ1v) is 7.42. The molecule has 0 fully saturated rings. The Bertz CT molecular complexity index is 623. The molecule has 1 heterocycles. The van der Waals surface area contributed by atoms with Gasteiger partial charge in [-0.2, -0.15) is 4.98 Å². The molecule has 0 saturated heterocycles. The van der Waals surface area contributed by atoms with Gasteiger partial charge < -0.3 is 19.3 Å². The van der Waals surface area contributed by atoms with E-state index in [2.05, 4.69) is 15.5 Å². The fourth-order valence-corrected chi connectivity index (χ4v) is 1.77. The van der Waals surface area contributed by atoms with Crippen molar-refractivity contribution >= 4 is 5.91 Å². The third-order valence-electron chi connectivity index (χ3n) is 3.06. The Hall–Kier alpha value is -2.41. The van der Waals surface area contributed by atoms with Crippen molar-refractivity contribution in [3.8, 4) is 17.2 Å². The Balaban J connectivity index is 1.87. The second kappa shape index (κ2) is 8.28. The van der Waals surface area contributed by atoms with Gasteiger partial charge >= 0.3 is 0 Å². The lowest BCUT2D eigenvalue weighted by Crippen LogP contribution is -2.31. The highest BCUT2D eigenvalue weighted by Gasteiger charge is 2.11. The van der Waals surface area contributed by atoms with Crippen LogP contribution in [0.4, 0.5) is 0 Å². The van der Waals surface area contributed by atoms with Crippen LogP contribution in [0.15, 0.2) is 28.8 Å². The topological polar surface area (TPSA) is 86.5 Å². The summed E-state index contributed by atoms with van der Waals surface area (Å²) in [5, 5.41) is 6.61. The summed E-state index contributed by atoms with van der Waals surface area (Å²) in [6, 6.07) is 7.15. The SMILES string of the molecule is COCCNC(=O)COc1ccc(-c2nc(C(C)C)no2)cc1. The first kappa shape index (κ1) is 17.0. The number of rotatable bonds is 8. The van der Waals surface area contributed by atoms with Gasteiger partial charge in [0.1, 0.15) is 5.75 Å². The molecule has 0 radical (unpaired) electrons. The number of aromatic nitrogens is 2. The fraction of sp³-hybridized carbons (Fsp3) is 0.438. The maximum Gasteiger partial charge on any atom is 0.258 e. The highest BCUT2D eigenvalue weighted by atomic mass is 16.5. The van der Waals surface area contributed by atoms with Crippen LogP contribution >= 0.6 is 0 Å². The highest BCUT2D eigenvalue weighted by molar-refractivity contribution is 5.77. The van der Waals surface area contributed by atoms with Crippen LogP contribution in [0.5, 0.6) is 5.75 Å². The van der Waals surface area contributed by atoms with Crippen LogP contribution in [0, 0.1) is 0 Å². The molecular formula is C16H21N3O4. The molecule has 0 bridgehead atoms. The number of hydrogen-bond acceptors (Lipinski definition) is 6. The second-order valence-corrected chi connectivity index (χ2v) is 5.27. The Labute approximate surface area is 135 Å². The van der Waals surface area contributed by atoms with Crippen LogP contribution in [-0.4, -0.2) is 42.9 Å². The van der Waals surface area contributed by atoms with Crippen molar-refractivity contribution in [3.63, 3.8) is 0 Å². The van der Waals surface area contributed by atoms with Crippen LogP contribution in [0.1, 0.15) is 25.6 Å². The summed E-state index contributed by atoms with van der Waals surface area (Å²) in [6.07, 6.45) is 0. The monoisotopic (exact) mass is 319 g/mol. The molecule has 0 aliphatic heterocycles. The van der Waals surface area contributed by atoms with Gasteiger partial charge in [-0.15, -0.1) is 0 Å². The molecule has 0 atom stereocenters. The lowest BCUT2D eigenvalue weighted by molar-refractivity contribution is -0.123. The van der Waals surface area contributed by atoms with E-state index in [1.165, 1.54) is 0 Å². The lowest BCUT2D eigenvalue weighted by atomic mass is 10.2. The Morgan fingerprint density at radius 3 is 2.65 bits per heavy atom. The van der Waals surface area contributed by atoms with Crippen LogP contribution < -0.4 is 10.1 Å². The van der Waals surface area contributed by atoms with E-state index in [1.807, 2.05) is 26.0 Å². The number of nitrogens with zero attached hydrogens (tertiary/aromatic N) is 2. The minimum absolute atomic E-state index is 0.0406. The van der Waals surface area contributed by atoms with Crippen molar-refractivity contribution in [3.05, 3.63) is 30.1 Å². The van der Waals surface area contributed by atoms with E-state index in [-0.39, 0.29) is 18.4 Å². The molecule has 0 aliphatic rings. The summed E-state index contributed by atoms with van der Waals surface area (Å²) in [7, 11) is 1.58. The van der Waals surface area contributed by atoms with E-state index >= 15 is 0 Å². The second-order valence-electron chi connectivity index (χ2n) is 5.27. The molecular weight excluding hydrogens is 298 g/mol. The minimum atomic E-state index is -0.190. The van der Waals surface area contributed by atoms with Gasteiger partial charge in [-0.25, -0.2) is 0 Å². The zero-order valence-corrected chi connectivity index (χ0v) is 13.5. The molecule has 0 saturated carbocycles. The molecule has 2 aromatic rings. The highest BCUT2D eigenvalue weighted by Crippen LogP contribution is 2.22. The maximum atomic E-state index is 11.5. The molecule has 23 heavy (non-hydrogen) atoms. The number of carbonyl (C=O) groups is 1. The van der Waals surface area contributed by atoms with E-state index in [0.29, 0.717) is 30.6 Å². The molecule has 1 amide bonds. The predicted molar refractivity (Wildman–Crippen MR) is 84.2 cm³/mol. The summed E-state index contributed by atoms with van der Waals surface area (Å²) >= 11 is 0. The Morgan fingerprint density at radius 2 is 2.04 bits per heavy atom. The van der Waals surface area contributed by atoms with Crippen LogP contribution in [0.25, 0.3) is 11.5 Å². The van der Waals surface area contributed by atoms with Gasteiger partial charge in [0.05, 0.1) is 6.61 Å². The quantitative estimate of drug-likeness (QED) is 0.749. The predicted octanol–water partition coefficient (Wildman–Crippen LogP) is 2.00. The number of ether oxygens (including phenoxy) is 2. The number of hydrogen-bond donors (Lipinski definition) is 1. The Kier molecular flexibility index (Phi) is 6.10. The number of benzene rings is 1. The summed E-state index contributed by atoms with van der Waals surface area (Å²) < 4.78 is 15.5. The molecule has 0 spiro atoms. The molecule has 124 valence electrons. The smallest absolute Gasteiger partial charge is 0.258 e. The molecule has 7 nitrogen and oxygen atoms in total. The largest absolute Gasteiger partial charge is 0.484 e. The zero-order valence-electron chi connectivity index (χ0n) is 13.5. The summed E-state index contributed by atoms with van der Waals surface area (Å²) in [5.41, 5.74) is 0.807. The number of methoxy groups -OCH3 is 1. The molecule has 1 aromatic carbocycles. The third-order valence-corrected chi connectivity index (χ3v) is 3.06. The molecule has 2 rings (SSSR count). The molecule has 0 aliphatic carbocycles. The molecule has 1 N–H and O–H groups in total. The molecule has 1 aromatic heterocycles. The van der Waals surface area contributed by atoms with Crippen LogP contribution in [0.3, 0.4) is 0 Å². The number of carbonyl (C=O) groups excluding carboxylic acids is 1. The average molecular weight is 319 g/mol. The van der Waals surface area contributed by atoms with Gasteiger partial charge in [0.2, 0.25) is 0 Å². The third kappa shape index (κ3) is 5.07. The standard InChI is InChI=1S/C16H21N3O4/c1-11(2)15-18-16(23-19-15)12-4-6-13(7-5-12)22-10-14(20)17-8-9-21-3/h4-7,11H,8-10H2,1-3H3,(H,17,20). The van der Waals surface area contributed by atoms with Gasteiger partial charge in [-0.1, -0.05) is 19.0 Å². The Morgan fingerprint density at radius 1 is 1.30 bits per heavy atom. The van der Waals surface area contributed by atoms with E-state index in [1.54, 1.807) is 19.2 Å². The normalized spacial score (nSPS) is 10.8. The van der Waals surface area contributed by atoms with E-state index in [4.69, 9.17) is 14.0 Å². The summed E-state index contributed by atoms with van der Waals surface area (Å²) in [6.45, 7) is 4.91. The van der Waals surface area contributed by atoms with Crippen molar-refractivity contribution in [2.24, 2.45) is 0 Å². The first-order valence-electron chi connectivity index (χ1n) is 7.42. The zero-order chi connectivity index (χ0) is 16.7. The van der Waals surface area contributed by atoms with E-state index < -0.39 is 0 Å². The first-order chi connectivity index (χ1) is 11.1. The van der Waals surface area contributed by atoms with Gasteiger partial charge in [-0.3, -0.25) is 4.79 Å². The lowest BCUT2D eigenvalue weighted by Gasteiger charge is -2.07. The average Bonchev–Trinajstić information content (AvgIpc) is 3.04. The minimum Gasteiger partial charge on any atom is -0.484 e. The maximum absolute atomic E-state index is 11.5.